The van der Waals surface area contributed by atoms with Crippen LogP contribution in [0.15, 0.2) is 44.9 Å². The number of piperidine rings is 3. The van der Waals surface area contributed by atoms with Crippen LogP contribution in [-0.4, -0.2) is 41.0 Å². The molecule has 1 N–H and O–H groups in total. The molecular weight excluding hydrogens is 348 g/mol. The zero-order valence-corrected chi connectivity index (χ0v) is 15.3. The summed E-state index contributed by atoms with van der Waals surface area (Å²) >= 11 is 1.37. The van der Waals surface area contributed by atoms with Gasteiger partial charge < -0.3 is 9.73 Å². The zero-order valence-electron chi connectivity index (χ0n) is 14.5. The highest BCUT2D eigenvalue weighted by atomic mass is 32.2. The Labute approximate surface area is 156 Å². The van der Waals surface area contributed by atoms with Crippen molar-refractivity contribution in [1.82, 2.24) is 15.2 Å². The molecule has 3 fully saturated rings. The van der Waals surface area contributed by atoms with Crippen LogP contribution in [0.1, 0.15) is 36.0 Å². The van der Waals surface area contributed by atoms with Crippen molar-refractivity contribution in [2.45, 2.75) is 41.8 Å². The topological polar surface area (TPSA) is 82.2 Å². The van der Waals surface area contributed by atoms with Gasteiger partial charge in [-0.3, -0.25) is 9.69 Å². The number of amides is 1. The van der Waals surface area contributed by atoms with Crippen LogP contribution in [0.4, 0.5) is 0 Å². The SMILES string of the molecule is C[C@H]1[C@H](NC(=O)c2ccc(Sc3cnc(C#N)o3)cc2)C2CCN1CC2. The summed E-state index contributed by atoms with van der Waals surface area (Å²) in [4.78, 5) is 19.9. The van der Waals surface area contributed by atoms with Gasteiger partial charge in [0, 0.05) is 22.5 Å². The standard InChI is InChI=1S/C19H20N4O2S/c1-12-18(13-6-8-23(12)9-7-13)22-19(24)14-2-4-15(5-3-14)26-17-11-21-16(10-20)25-17/h2-5,11-13,18H,6-9H2,1H3,(H,22,24)/t12-,18-/m0/s1. The maximum absolute atomic E-state index is 12.6. The lowest BCUT2D eigenvalue weighted by Crippen LogP contribution is -2.62. The molecule has 3 aliphatic heterocycles. The Bertz CT molecular complexity index is 832. The third kappa shape index (κ3) is 3.35. The second-order valence-electron chi connectivity index (χ2n) is 6.84. The van der Waals surface area contributed by atoms with Gasteiger partial charge in [0.25, 0.3) is 5.91 Å². The van der Waals surface area contributed by atoms with Crippen molar-refractivity contribution in [2.75, 3.05) is 13.1 Å². The van der Waals surface area contributed by atoms with E-state index in [1.165, 1.54) is 30.8 Å². The predicted molar refractivity (Wildman–Crippen MR) is 96.8 cm³/mol. The average molecular weight is 368 g/mol. The van der Waals surface area contributed by atoms with Crippen LogP contribution in [0.2, 0.25) is 0 Å². The fraction of sp³-hybridized carbons (Fsp3) is 0.421. The maximum atomic E-state index is 12.6. The van der Waals surface area contributed by atoms with Crippen molar-refractivity contribution in [3.63, 3.8) is 0 Å². The van der Waals surface area contributed by atoms with Crippen molar-refractivity contribution in [1.29, 1.82) is 5.26 Å². The molecule has 1 aromatic heterocycles. The van der Waals surface area contributed by atoms with Gasteiger partial charge in [0.1, 0.15) is 0 Å². The van der Waals surface area contributed by atoms with Gasteiger partial charge in [-0.2, -0.15) is 5.26 Å². The number of aromatic nitrogens is 1. The van der Waals surface area contributed by atoms with E-state index in [1.54, 1.807) is 0 Å². The molecule has 3 aliphatic rings. The van der Waals surface area contributed by atoms with Gasteiger partial charge in [0.15, 0.2) is 11.2 Å². The minimum Gasteiger partial charge on any atom is -0.422 e. The number of nitriles is 1. The fourth-order valence-corrected chi connectivity index (χ4v) is 4.66. The van der Waals surface area contributed by atoms with E-state index in [1.807, 2.05) is 30.3 Å². The number of nitrogens with zero attached hydrogens (tertiary/aromatic N) is 3. The molecule has 0 radical (unpaired) electrons. The van der Waals surface area contributed by atoms with Crippen LogP contribution in [0.25, 0.3) is 0 Å². The molecule has 6 nitrogen and oxygen atoms in total. The molecule has 2 atom stereocenters. The number of fused-ring (bicyclic) bond motifs is 3. The van der Waals surface area contributed by atoms with Gasteiger partial charge >= 0.3 is 5.89 Å². The van der Waals surface area contributed by atoms with Crippen molar-refractivity contribution in [3.8, 4) is 6.07 Å². The van der Waals surface area contributed by atoms with E-state index in [-0.39, 0.29) is 17.8 Å². The highest BCUT2D eigenvalue weighted by Crippen LogP contribution is 2.32. The van der Waals surface area contributed by atoms with Crippen LogP contribution in [0.3, 0.4) is 0 Å². The van der Waals surface area contributed by atoms with E-state index in [0.29, 0.717) is 22.6 Å². The first kappa shape index (κ1) is 17.1. The average Bonchev–Trinajstić information content (AvgIpc) is 3.13. The van der Waals surface area contributed by atoms with Crippen LogP contribution in [-0.2, 0) is 0 Å². The van der Waals surface area contributed by atoms with E-state index >= 15 is 0 Å². The molecule has 2 aromatic rings. The van der Waals surface area contributed by atoms with E-state index in [4.69, 9.17) is 9.68 Å². The first-order valence-electron chi connectivity index (χ1n) is 8.83. The molecule has 1 amide bonds. The predicted octanol–water partition coefficient (Wildman–Crippen LogP) is 2.91. The van der Waals surface area contributed by atoms with Crippen molar-refractivity contribution in [2.24, 2.45) is 5.92 Å². The first-order valence-corrected chi connectivity index (χ1v) is 9.64. The zero-order chi connectivity index (χ0) is 18.1. The lowest BCUT2D eigenvalue weighted by Gasteiger charge is -2.49. The summed E-state index contributed by atoms with van der Waals surface area (Å²) < 4.78 is 5.26. The van der Waals surface area contributed by atoms with Crippen LogP contribution >= 0.6 is 11.8 Å². The number of hydrogen-bond acceptors (Lipinski definition) is 6. The molecule has 26 heavy (non-hydrogen) atoms. The number of nitrogens with one attached hydrogen (secondary N) is 1. The molecule has 0 spiro atoms. The van der Waals surface area contributed by atoms with Gasteiger partial charge in [-0.1, -0.05) is 11.8 Å². The Balaban J connectivity index is 1.40. The second kappa shape index (κ2) is 7.14. The van der Waals surface area contributed by atoms with Crippen LogP contribution in [0, 0.1) is 17.2 Å². The highest BCUT2D eigenvalue weighted by molar-refractivity contribution is 7.99. The van der Waals surface area contributed by atoms with E-state index in [0.717, 1.165) is 18.0 Å². The van der Waals surface area contributed by atoms with Gasteiger partial charge in [0.05, 0.1) is 6.20 Å². The molecule has 134 valence electrons. The summed E-state index contributed by atoms with van der Waals surface area (Å²) in [6, 6.07) is 9.92. The highest BCUT2D eigenvalue weighted by Gasteiger charge is 2.40. The molecule has 7 heteroatoms. The van der Waals surface area contributed by atoms with Gasteiger partial charge in [-0.15, -0.1) is 0 Å². The number of carbonyl (C=O) groups excluding carboxylic acids is 1. The maximum Gasteiger partial charge on any atom is 0.301 e. The molecule has 4 heterocycles. The Kier molecular flexibility index (Phi) is 4.70. The first-order chi connectivity index (χ1) is 12.6. The molecule has 2 bridgehead atoms. The lowest BCUT2D eigenvalue weighted by molar-refractivity contribution is 0.0217. The number of rotatable bonds is 4. The molecule has 0 saturated carbocycles. The Morgan fingerprint density at radius 2 is 2.08 bits per heavy atom. The Morgan fingerprint density at radius 3 is 2.69 bits per heavy atom. The lowest BCUT2D eigenvalue weighted by atomic mass is 9.79. The smallest absolute Gasteiger partial charge is 0.301 e. The van der Waals surface area contributed by atoms with Crippen LogP contribution < -0.4 is 5.32 Å². The third-order valence-electron chi connectivity index (χ3n) is 5.39. The van der Waals surface area contributed by atoms with Crippen LogP contribution in [0.5, 0.6) is 0 Å². The Hall–Kier alpha value is -2.30. The van der Waals surface area contributed by atoms with Crippen molar-refractivity contribution < 1.29 is 9.21 Å². The van der Waals surface area contributed by atoms with Gasteiger partial charge in [-0.25, -0.2) is 4.98 Å². The normalized spacial score (nSPS) is 27.1. The summed E-state index contributed by atoms with van der Waals surface area (Å²) in [7, 11) is 0. The van der Waals surface area contributed by atoms with E-state index in [9.17, 15) is 4.79 Å². The quantitative estimate of drug-likeness (QED) is 0.893. The largest absolute Gasteiger partial charge is 0.422 e. The molecular formula is C19H20N4O2S. The molecule has 0 unspecified atom stereocenters. The van der Waals surface area contributed by atoms with E-state index in [2.05, 4.69) is 22.1 Å². The summed E-state index contributed by atoms with van der Waals surface area (Å²) in [6.45, 7) is 4.52. The molecule has 0 aliphatic carbocycles. The minimum absolute atomic E-state index is 0.0152. The summed E-state index contributed by atoms with van der Waals surface area (Å²) in [5.41, 5.74) is 0.660. The Morgan fingerprint density at radius 1 is 1.35 bits per heavy atom. The van der Waals surface area contributed by atoms with Gasteiger partial charge in [0.2, 0.25) is 0 Å². The molecule has 3 saturated heterocycles. The summed E-state index contributed by atoms with van der Waals surface area (Å²) in [5.74, 6) is 0.628. The van der Waals surface area contributed by atoms with Gasteiger partial charge in [-0.05, 0) is 63.0 Å². The number of hydrogen-bond donors (Lipinski definition) is 1. The second-order valence-corrected chi connectivity index (χ2v) is 7.91. The molecule has 5 rings (SSSR count). The van der Waals surface area contributed by atoms with E-state index < -0.39 is 0 Å². The molecule has 1 aromatic carbocycles. The number of carbonyl (C=O) groups is 1. The summed E-state index contributed by atoms with van der Waals surface area (Å²) in [6.07, 6.45) is 3.87. The fourth-order valence-electron chi connectivity index (χ4n) is 3.93. The summed E-state index contributed by atoms with van der Waals surface area (Å²) in [5, 5.41) is 12.5. The van der Waals surface area contributed by atoms with Crippen molar-refractivity contribution >= 4 is 17.7 Å². The number of benzene rings is 1. The number of oxazole rings is 1. The third-order valence-corrected chi connectivity index (χ3v) is 6.29. The monoisotopic (exact) mass is 368 g/mol. The minimum atomic E-state index is -0.0152. The van der Waals surface area contributed by atoms with Crippen molar-refractivity contribution in [3.05, 3.63) is 41.9 Å².